The number of aromatic carboxylic acids is 1. The Labute approximate surface area is 119 Å². The van der Waals surface area contributed by atoms with Gasteiger partial charge in [0.1, 0.15) is 0 Å². The second kappa shape index (κ2) is 5.34. The standard InChI is InChI=1S/C12H9Cl2N3O2/c13-6-3-7(14)5-8(4-6)16-11-9(15)1-2-10(17-11)12(18)19/h1-5H,15H2,(H,16,17)(H,18,19). The third-order valence-electron chi connectivity index (χ3n) is 2.27. The molecule has 0 spiro atoms. The SMILES string of the molecule is Nc1ccc(C(=O)O)nc1Nc1cc(Cl)cc(Cl)c1. The van der Waals surface area contributed by atoms with Gasteiger partial charge >= 0.3 is 5.97 Å². The Morgan fingerprint density at radius 2 is 1.84 bits per heavy atom. The van der Waals surface area contributed by atoms with Crippen molar-refractivity contribution in [3.8, 4) is 0 Å². The van der Waals surface area contributed by atoms with Crippen molar-refractivity contribution in [3.05, 3.63) is 46.1 Å². The number of rotatable bonds is 3. The normalized spacial score (nSPS) is 10.2. The molecule has 4 N–H and O–H groups in total. The lowest BCUT2D eigenvalue weighted by atomic mass is 10.3. The van der Waals surface area contributed by atoms with E-state index in [1.165, 1.54) is 12.1 Å². The van der Waals surface area contributed by atoms with Gasteiger partial charge in [-0.2, -0.15) is 0 Å². The van der Waals surface area contributed by atoms with Crippen LogP contribution in [0.4, 0.5) is 17.2 Å². The second-order valence-corrected chi connectivity index (χ2v) is 4.60. The van der Waals surface area contributed by atoms with Crippen molar-refractivity contribution in [3.63, 3.8) is 0 Å². The van der Waals surface area contributed by atoms with Gasteiger partial charge in [0.2, 0.25) is 0 Å². The molecular weight excluding hydrogens is 289 g/mol. The molecule has 0 saturated carbocycles. The fraction of sp³-hybridized carbons (Fsp3) is 0. The number of anilines is 3. The van der Waals surface area contributed by atoms with Crippen LogP contribution in [-0.2, 0) is 0 Å². The second-order valence-electron chi connectivity index (χ2n) is 3.72. The summed E-state index contributed by atoms with van der Waals surface area (Å²) in [6.45, 7) is 0. The number of hydrogen-bond donors (Lipinski definition) is 3. The van der Waals surface area contributed by atoms with Gasteiger partial charge in [-0.3, -0.25) is 0 Å². The molecule has 0 fully saturated rings. The van der Waals surface area contributed by atoms with Crippen molar-refractivity contribution in [2.45, 2.75) is 0 Å². The fourth-order valence-corrected chi connectivity index (χ4v) is 1.98. The van der Waals surface area contributed by atoms with Crippen LogP contribution in [0.3, 0.4) is 0 Å². The maximum absolute atomic E-state index is 10.9. The zero-order valence-electron chi connectivity index (χ0n) is 9.52. The molecule has 0 aliphatic carbocycles. The summed E-state index contributed by atoms with van der Waals surface area (Å²) < 4.78 is 0. The van der Waals surface area contributed by atoms with Crippen molar-refractivity contribution < 1.29 is 9.90 Å². The van der Waals surface area contributed by atoms with E-state index in [-0.39, 0.29) is 11.5 Å². The number of benzene rings is 1. The Kier molecular flexibility index (Phi) is 3.78. The van der Waals surface area contributed by atoms with Gasteiger partial charge in [0.25, 0.3) is 0 Å². The first-order valence-electron chi connectivity index (χ1n) is 5.18. The Morgan fingerprint density at radius 3 is 2.42 bits per heavy atom. The minimum atomic E-state index is -1.13. The number of nitrogens with two attached hydrogens (primary N) is 1. The number of carbonyl (C=O) groups is 1. The van der Waals surface area contributed by atoms with Gasteiger partial charge < -0.3 is 16.2 Å². The average Bonchev–Trinajstić information content (AvgIpc) is 2.30. The van der Waals surface area contributed by atoms with Crippen molar-refractivity contribution in [2.75, 3.05) is 11.1 Å². The van der Waals surface area contributed by atoms with Crippen LogP contribution in [-0.4, -0.2) is 16.1 Å². The van der Waals surface area contributed by atoms with Crippen LogP contribution >= 0.6 is 23.2 Å². The first-order valence-corrected chi connectivity index (χ1v) is 5.94. The van der Waals surface area contributed by atoms with E-state index in [0.717, 1.165) is 0 Å². The lowest BCUT2D eigenvalue weighted by Gasteiger charge is -2.09. The Morgan fingerprint density at radius 1 is 1.21 bits per heavy atom. The molecule has 1 heterocycles. The molecule has 1 aromatic heterocycles. The lowest BCUT2D eigenvalue weighted by molar-refractivity contribution is 0.0690. The number of nitrogen functional groups attached to an aromatic ring is 1. The number of carboxylic acid groups (broad SMARTS) is 1. The van der Waals surface area contributed by atoms with E-state index < -0.39 is 5.97 Å². The summed E-state index contributed by atoms with van der Waals surface area (Å²) in [5.41, 5.74) is 6.51. The number of halogens is 2. The van der Waals surface area contributed by atoms with E-state index in [2.05, 4.69) is 10.3 Å². The van der Waals surface area contributed by atoms with Gasteiger partial charge in [0.15, 0.2) is 11.5 Å². The quantitative estimate of drug-likeness (QED) is 0.808. The van der Waals surface area contributed by atoms with E-state index >= 15 is 0 Å². The highest BCUT2D eigenvalue weighted by molar-refractivity contribution is 6.35. The molecule has 7 heteroatoms. The molecule has 0 unspecified atom stereocenters. The number of nitrogens with one attached hydrogen (secondary N) is 1. The van der Waals surface area contributed by atoms with Crippen LogP contribution in [0.1, 0.15) is 10.5 Å². The maximum Gasteiger partial charge on any atom is 0.354 e. The Bertz CT molecular complexity index is 627. The summed E-state index contributed by atoms with van der Waals surface area (Å²) in [7, 11) is 0. The van der Waals surface area contributed by atoms with Gasteiger partial charge in [0, 0.05) is 15.7 Å². The van der Waals surface area contributed by atoms with Crippen molar-refractivity contribution >= 4 is 46.4 Å². The summed E-state index contributed by atoms with van der Waals surface area (Å²) in [5, 5.41) is 12.7. The highest BCUT2D eigenvalue weighted by Gasteiger charge is 2.09. The smallest absolute Gasteiger partial charge is 0.354 e. The highest BCUT2D eigenvalue weighted by Crippen LogP contribution is 2.26. The van der Waals surface area contributed by atoms with Gasteiger partial charge in [0.05, 0.1) is 5.69 Å². The zero-order valence-corrected chi connectivity index (χ0v) is 11.0. The predicted octanol–water partition coefficient (Wildman–Crippen LogP) is 3.41. The van der Waals surface area contributed by atoms with Crippen LogP contribution in [0.5, 0.6) is 0 Å². The van der Waals surface area contributed by atoms with Crippen LogP contribution in [0.15, 0.2) is 30.3 Å². The Balaban J connectivity index is 2.37. The fourth-order valence-electron chi connectivity index (χ4n) is 1.45. The topological polar surface area (TPSA) is 88.2 Å². The molecule has 5 nitrogen and oxygen atoms in total. The third kappa shape index (κ3) is 3.27. The van der Waals surface area contributed by atoms with Crippen LogP contribution in [0.25, 0.3) is 0 Å². The van der Waals surface area contributed by atoms with E-state index in [9.17, 15) is 4.79 Å². The maximum atomic E-state index is 10.9. The number of pyridine rings is 1. The van der Waals surface area contributed by atoms with E-state index in [1.54, 1.807) is 18.2 Å². The molecule has 0 radical (unpaired) electrons. The van der Waals surface area contributed by atoms with Gasteiger partial charge in [-0.05, 0) is 30.3 Å². The van der Waals surface area contributed by atoms with E-state index in [1.807, 2.05) is 0 Å². The van der Waals surface area contributed by atoms with Gasteiger partial charge in [-0.25, -0.2) is 9.78 Å². The number of hydrogen-bond acceptors (Lipinski definition) is 4. The predicted molar refractivity (Wildman–Crippen MR) is 75.4 cm³/mol. The monoisotopic (exact) mass is 297 g/mol. The van der Waals surface area contributed by atoms with Gasteiger partial charge in [-0.1, -0.05) is 23.2 Å². The molecule has 2 rings (SSSR count). The van der Waals surface area contributed by atoms with E-state index in [0.29, 0.717) is 21.4 Å². The zero-order chi connectivity index (χ0) is 14.0. The lowest BCUT2D eigenvalue weighted by Crippen LogP contribution is -2.05. The summed E-state index contributed by atoms with van der Waals surface area (Å²) in [6, 6.07) is 7.63. The molecule has 1 aromatic carbocycles. The number of carboxylic acids is 1. The van der Waals surface area contributed by atoms with Crippen LogP contribution in [0, 0.1) is 0 Å². The molecule has 0 atom stereocenters. The summed E-state index contributed by atoms with van der Waals surface area (Å²) >= 11 is 11.7. The molecule has 19 heavy (non-hydrogen) atoms. The Hall–Kier alpha value is -1.98. The van der Waals surface area contributed by atoms with Gasteiger partial charge in [-0.15, -0.1) is 0 Å². The molecule has 0 saturated heterocycles. The highest BCUT2D eigenvalue weighted by atomic mass is 35.5. The van der Waals surface area contributed by atoms with E-state index in [4.69, 9.17) is 34.0 Å². The molecule has 0 bridgehead atoms. The largest absolute Gasteiger partial charge is 0.477 e. The summed E-state index contributed by atoms with van der Waals surface area (Å²) in [4.78, 5) is 14.8. The number of aromatic nitrogens is 1. The molecule has 0 amide bonds. The molecule has 98 valence electrons. The van der Waals surface area contributed by atoms with Crippen LogP contribution in [0.2, 0.25) is 10.0 Å². The van der Waals surface area contributed by atoms with Crippen LogP contribution < -0.4 is 11.1 Å². The van der Waals surface area contributed by atoms with Crippen molar-refractivity contribution in [1.29, 1.82) is 0 Å². The summed E-state index contributed by atoms with van der Waals surface area (Å²) in [6.07, 6.45) is 0. The minimum absolute atomic E-state index is 0.107. The van der Waals surface area contributed by atoms with Crippen molar-refractivity contribution in [2.24, 2.45) is 0 Å². The third-order valence-corrected chi connectivity index (χ3v) is 2.71. The first-order chi connectivity index (χ1) is 8.95. The molecule has 2 aromatic rings. The molecular formula is C12H9Cl2N3O2. The first kappa shape index (κ1) is 13.5. The number of nitrogens with zero attached hydrogens (tertiary/aromatic N) is 1. The molecule has 0 aliphatic heterocycles. The molecule has 0 aliphatic rings. The van der Waals surface area contributed by atoms with Crippen molar-refractivity contribution in [1.82, 2.24) is 4.98 Å². The average molecular weight is 298 g/mol. The summed E-state index contributed by atoms with van der Waals surface area (Å²) in [5.74, 6) is -0.898. The minimum Gasteiger partial charge on any atom is -0.477 e.